The number of likely N-dealkylation sites (tertiary alicyclic amines) is 1. The van der Waals surface area contributed by atoms with Crippen LogP contribution in [0.15, 0.2) is 47.1 Å². The minimum atomic E-state index is 0.379. The van der Waals surface area contributed by atoms with Gasteiger partial charge in [0, 0.05) is 61.1 Å². The van der Waals surface area contributed by atoms with E-state index >= 15 is 0 Å². The summed E-state index contributed by atoms with van der Waals surface area (Å²) in [5.41, 5.74) is 5.32. The molecule has 3 aliphatic rings. The van der Waals surface area contributed by atoms with E-state index in [1.54, 1.807) is 0 Å². The lowest BCUT2D eigenvalue weighted by atomic mass is 10.1. The van der Waals surface area contributed by atoms with Crippen molar-refractivity contribution in [1.29, 1.82) is 0 Å². The highest BCUT2D eigenvalue weighted by Gasteiger charge is 2.38. The van der Waals surface area contributed by atoms with E-state index in [1.165, 1.54) is 5.56 Å². The first-order chi connectivity index (χ1) is 17.8. The van der Waals surface area contributed by atoms with Crippen LogP contribution >= 0.6 is 0 Å². The molecule has 0 spiro atoms. The van der Waals surface area contributed by atoms with Gasteiger partial charge in [0.1, 0.15) is 5.52 Å². The summed E-state index contributed by atoms with van der Waals surface area (Å²) in [7, 11) is 0. The Hall–Kier alpha value is -3.53. The van der Waals surface area contributed by atoms with Gasteiger partial charge in [0.15, 0.2) is 17.2 Å². The second kappa shape index (κ2) is 7.99. The number of hydrogen-bond donors (Lipinski definition) is 1. The van der Waals surface area contributed by atoms with E-state index in [-0.39, 0.29) is 0 Å². The van der Waals surface area contributed by atoms with Gasteiger partial charge in [-0.15, -0.1) is 0 Å². The van der Waals surface area contributed by atoms with Gasteiger partial charge in [-0.2, -0.15) is 0 Å². The largest absolute Gasteiger partial charge is 0.432 e. The van der Waals surface area contributed by atoms with E-state index in [2.05, 4.69) is 39.0 Å². The van der Waals surface area contributed by atoms with Gasteiger partial charge in [-0.1, -0.05) is 12.1 Å². The molecular weight excluding hydrogens is 456 g/mol. The third-order valence-corrected chi connectivity index (χ3v) is 7.76. The first-order valence-electron chi connectivity index (χ1n) is 12.6. The van der Waals surface area contributed by atoms with Crippen molar-refractivity contribution in [2.75, 3.05) is 44.4 Å². The van der Waals surface area contributed by atoms with E-state index in [0.29, 0.717) is 42.5 Å². The number of benzene rings is 1. The topological polar surface area (TPSA) is 92.5 Å². The Bertz CT molecular complexity index is 1600. The Morgan fingerprint density at radius 1 is 1.08 bits per heavy atom. The minimum absolute atomic E-state index is 0.379. The average Bonchev–Trinajstić information content (AvgIpc) is 3.72. The molecule has 0 radical (unpaired) electrons. The summed E-state index contributed by atoms with van der Waals surface area (Å²) in [5, 5.41) is 2.03. The van der Waals surface area contributed by atoms with Crippen LogP contribution in [0, 0.1) is 0 Å². The fourth-order valence-corrected chi connectivity index (χ4v) is 5.94. The van der Waals surface area contributed by atoms with Crippen LogP contribution in [-0.2, 0) is 16.0 Å². The number of ether oxygens (including phenoxy) is 2. The molecular formula is C27H26N6O3. The van der Waals surface area contributed by atoms with Crippen molar-refractivity contribution in [2.45, 2.75) is 25.1 Å². The number of anilines is 1. The highest BCUT2D eigenvalue weighted by molar-refractivity contribution is 6.06. The molecule has 3 fully saturated rings. The summed E-state index contributed by atoms with van der Waals surface area (Å²) < 4.78 is 17.7. The second-order valence-corrected chi connectivity index (χ2v) is 9.97. The lowest BCUT2D eigenvalue weighted by molar-refractivity contribution is 0.0273. The summed E-state index contributed by atoms with van der Waals surface area (Å²) in [6.07, 6.45) is 5.40. The molecule has 2 atom stereocenters. The fraction of sp³-hybridized carbons (Fsp3) is 0.370. The van der Waals surface area contributed by atoms with Crippen LogP contribution in [0.25, 0.3) is 44.5 Å². The van der Waals surface area contributed by atoms with Gasteiger partial charge in [0.2, 0.25) is 5.71 Å². The normalized spacial score (nSPS) is 22.5. The highest BCUT2D eigenvalue weighted by Crippen LogP contribution is 2.37. The number of nitrogens with one attached hydrogen (secondary N) is 1. The Morgan fingerprint density at radius 3 is 2.89 bits per heavy atom. The van der Waals surface area contributed by atoms with Crippen LogP contribution < -0.4 is 4.90 Å². The number of aromatic nitrogens is 4. The van der Waals surface area contributed by atoms with Crippen molar-refractivity contribution in [3.05, 3.63) is 48.3 Å². The van der Waals surface area contributed by atoms with E-state index in [1.807, 2.05) is 18.5 Å². The van der Waals surface area contributed by atoms with Gasteiger partial charge in [-0.05, 0) is 30.2 Å². The Balaban J connectivity index is 1.29. The standard InChI is InChI=1S/C27H26N6O3/c1-2-20(19-4-5-28-22(19)3-1)25-30-23-21-10-16(13-33-14-18-11-17(33)15-35-18)12-29-27(21)36-24(23)26(31-25)32-6-8-34-9-7-32/h1-5,10,12,17-18,28H,6-9,11,13-15H2/t17?,18-/m1/s1. The van der Waals surface area contributed by atoms with Crippen molar-refractivity contribution in [2.24, 2.45) is 0 Å². The summed E-state index contributed by atoms with van der Waals surface area (Å²) in [6, 6.07) is 11.0. The Kier molecular flexibility index (Phi) is 4.58. The molecule has 8 rings (SSSR count). The monoisotopic (exact) mass is 482 g/mol. The third-order valence-electron chi connectivity index (χ3n) is 7.76. The number of hydrogen-bond acceptors (Lipinski definition) is 8. The fourth-order valence-electron chi connectivity index (χ4n) is 5.94. The molecule has 3 aliphatic heterocycles. The molecule has 36 heavy (non-hydrogen) atoms. The quantitative estimate of drug-likeness (QED) is 0.414. The zero-order chi connectivity index (χ0) is 23.6. The molecule has 1 unspecified atom stereocenters. The molecule has 7 heterocycles. The predicted octanol–water partition coefficient (Wildman–Crippen LogP) is 3.73. The van der Waals surface area contributed by atoms with Gasteiger partial charge in [-0.25, -0.2) is 15.0 Å². The maximum Gasteiger partial charge on any atom is 0.229 e. The Morgan fingerprint density at radius 2 is 2.03 bits per heavy atom. The van der Waals surface area contributed by atoms with Crippen molar-refractivity contribution in [3.8, 4) is 11.4 Å². The molecule has 9 heteroatoms. The molecule has 0 saturated carbocycles. The van der Waals surface area contributed by atoms with Crippen molar-refractivity contribution in [3.63, 3.8) is 0 Å². The van der Waals surface area contributed by atoms with E-state index in [0.717, 1.165) is 72.4 Å². The number of aromatic amines is 1. The van der Waals surface area contributed by atoms with Crippen LogP contribution in [0.1, 0.15) is 12.0 Å². The highest BCUT2D eigenvalue weighted by atomic mass is 16.5. The lowest BCUT2D eigenvalue weighted by Gasteiger charge is -2.27. The second-order valence-electron chi connectivity index (χ2n) is 9.97. The zero-order valence-corrected chi connectivity index (χ0v) is 19.8. The Labute approximate surface area is 207 Å². The van der Waals surface area contributed by atoms with Crippen LogP contribution in [0.4, 0.5) is 5.82 Å². The van der Waals surface area contributed by atoms with Crippen LogP contribution in [-0.4, -0.2) is 76.4 Å². The summed E-state index contributed by atoms with van der Waals surface area (Å²) in [4.78, 5) is 22.9. The minimum Gasteiger partial charge on any atom is -0.432 e. The van der Waals surface area contributed by atoms with Crippen molar-refractivity contribution in [1.82, 2.24) is 24.8 Å². The van der Waals surface area contributed by atoms with Crippen LogP contribution in [0.3, 0.4) is 0 Å². The summed E-state index contributed by atoms with van der Waals surface area (Å²) >= 11 is 0. The smallest absolute Gasteiger partial charge is 0.229 e. The number of morpholine rings is 2. The number of nitrogens with zero attached hydrogens (tertiary/aromatic N) is 5. The molecule has 0 amide bonds. The molecule has 0 aliphatic carbocycles. The van der Waals surface area contributed by atoms with Crippen molar-refractivity contribution < 1.29 is 13.9 Å². The number of pyridine rings is 1. The predicted molar refractivity (Wildman–Crippen MR) is 136 cm³/mol. The zero-order valence-electron chi connectivity index (χ0n) is 19.8. The first kappa shape index (κ1) is 20.6. The molecule has 1 N–H and O–H groups in total. The maximum absolute atomic E-state index is 6.32. The summed E-state index contributed by atoms with van der Waals surface area (Å²) in [6.45, 7) is 5.53. The van der Waals surface area contributed by atoms with Gasteiger partial charge in [0.25, 0.3) is 0 Å². The molecule has 9 nitrogen and oxygen atoms in total. The van der Waals surface area contributed by atoms with Gasteiger partial charge < -0.3 is 23.8 Å². The average molecular weight is 483 g/mol. The number of H-pyrrole nitrogens is 1. The molecule has 2 bridgehead atoms. The SMILES string of the molecule is c1cc(-c2nc(N3CCOCC3)c3oc4ncc(CN5C[C@H]6CC5CO6)cc4c3n2)c2cc[nH]c2c1. The molecule has 182 valence electrons. The lowest BCUT2D eigenvalue weighted by Crippen LogP contribution is -2.37. The van der Waals surface area contributed by atoms with Gasteiger partial charge >= 0.3 is 0 Å². The van der Waals surface area contributed by atoms with Gasteiger partial charge in [-0.3, -0.25) is 4.90 Å². The third kappa shape index (κ3) is 3.23. The van der Waals surface area contributed by atoms with Crippen LogP contribution in [0.5, 0.6) is 0 Å². The number of fused-ring (bicyclic) bond motifs is 6. The van der Waals surface area contributed by atoms with E-state index < -0.39 is 0 Å². The molecule has 1 aromatic carbocycles. The van der Waals surface area contributed by atoms with Crippen LogP contribution in [0.2, 0.25) is 0 Å². The van der Waals surface area contributed by atoms with E-state index in [9.17, 15) is 0 Å². The first-order valence-corrected chi connectivity index (χ1v) is 12.6. The number of rotatable bonds is 4. The van der Waals surface area contributed by atoms with E-state index in [4.69, 9.17) is 28.8 Å². The summed E-state index contributed by atoms with van der Waals surface area (Å²) in [5.74, 6) is 1.50. The molecule has 4 aromatic heterocycles. The van der Waals surface area contributed by atoms with Gasteiger partial charge in [0.05, 0.1) is 31.3 Å². The number of furan rings is 1. The molecule has 5 aromatic rings. The van der Waals surface area contributed by atoms with Crippen molar-refractivity contribution >= 4 is 38.9 Å². The maximum atomic E-state index is 6.32. The molecule has 3 saturated heterocycles.